The fraction of sp³-hybridized carbons (Fsp3) is 0.304. The number of fused-ring (bicyclic) bond motifs is 2. The minimum absolute atomic E-state index is 0.0654. The third-order valence-corrected chi connectivity index (χ3v) is 11.8. The summed E-state index contributed by atoms with van der Waals surface area (Å²) in [6, 6.07) is 26.4. The molecule has 8 rings (SSSR count). The molecule has 2 aromatic heterocycles. The van der Waals surface area contributed by atoms with Gasteiger partial charge in [0.1, 0.15) is 19.2 Å². The van der Waals surface area contributed by atoms with Gasteiger partial charge in [0.25, 0.3) is 0 Å². The molecular weight excluding hydrogens is 745 g/mol. The highest BCUT2D eigenvalue weighted by molar-refractivity contribution is 5.99. The predicted octanol–water partition coefficient (Wildman–Crippen LogP) is 14.8. The second-order valence-corrected chi connectivity index (χ2v) is 20.5. The van der Waals surface area contributed by atoms with Crippen LogP contribution in [0.2, 0.25) is 0 Å². The Bertz CT molecular complexity index is 3300. The second-order valence-electron chi connectivity index (χ2n) is 20.5. The van der Waals surface area contributed by atoms with Crippen LogP contribution in [0.25, 0.3) is 72.5 Å². The molecule has 8 aromatic rings. The first kappa shape index (κ1) is 34.6. The van der Waals surface area contributed by atoms with Gasteiger partial charge >= 0.3 is 0 Å². The minimum atomic E-state index is -0.467. The van der Waals surface area contributed by atoms with Gasteiger partial charge in [0.2, 0.25) is 0 Å². The van der Waals surface area contributed by atoms with Crippen LogP contribution in [0.1, 0.15) is 119 Å². The summed E-state index contributed by atoms with van der Waals surface area (Å²) in [5.74, 6) is 0.514. The van der Waals surface area contributed by atoms with E-state index in [0.717, 1.165) is 55.4 Å². The lowest BCUT2D eigenvalue weighted by Gasteiger charge is -2.28. The Kier molecular flexibility index (Phi) is 8.42. The number of hydrogen-bond donors (Lipinski definition) is 1. The Morgan fingerprint density at radius 1 is 0.557 bits per heavy atom. The van der Waals surface area contributed by atoms with E-state index in [1.165, 1.54) is 0 Å². The molecule has 0 saturated carbocycles. The third kappa shape index (κ3) is 7.76. The average molecular weight is 811 g/mol. The summed E-state index contributed by atoms with van der Waals surface area (Å²) < 4.78 is 55.2. The fourth-order valence-corrected chi connectivity index (χ4v) is 8.11. The lowest BCUT2D eigenvalue weighted by molar-refractivity contribution is 0.446. The van der Waals surface area contributed by atoms with Crippen molar-refractivity contribution in [3.8, 4) is 56.3 Å². The maximum Gasteiger partial charge on any atom is 0.149 e. The smallest absolute Gasteiger partial charge is 0.149 e. The number of imidazole rings is 1. The standard InChI is InChI=1S/C56H60N4O/c1-34-19-17-23-42-48(34)57-33-58-49(42)37-27-36(28-39(29-37)54(5,6)7)41-22-18-24-47-50(41)59-52(44-31-40(55(8,9)10)32-45(51(44)61)56(11,12)13)60(47)46-26-25-38(53(2,3)4)30-43(46)35-20-15-14-16-21-35/h14-33,61H,1-13H3/i14D,15D,16D,20D,21D,33D. The number of rotatable bonds is 5. The van der Waals surface area contributed by atoms with Crippen LogP contribution in [0.5, 0.6) is 5.75 Å². The Morgan fingerprint density at radius 3 is 1.87 bits per heavy atom. The molecule has 0 aliphatic carbocycles. The lowest BCUT2D eigenvalue weighted by Crippen LogP contribution is -2.17. The van der Waals surface area contributed by atoms with Crippen molar-refractivity contribution in [3.63, 3.8) is 0 Å². The maximum absolute atomic E-state index is 12.6. The number of para-hydroxylation sites is 2. The normalized spacial score (nSPS) is 14.1. The van der Waals surface area contributed by atoms with Crippen LogP contribution in [0, 0.1) is 6.92 Å². The molecule has 6 aromatic carbocycles. The van der Waals surface area contributed by atoms with E-state index in [9.17, 15) is 7.85 Å². The molecule has 310 valence electrons. The van der Waals surface area contributed by atoms with Crippen LogP contribution in [0.4, 0.5) is 0 Å². The molecule has 0 saturated heterocycles. The van der Waals surface area contributed by atoms with E-state index in [-0.39, 0.29) is 45.9 Å². The summed E-state index contributed by atoms with van der Waals surface area (Å²) in [6.45, 7) is 27.4. The predicted molar refractivity (Wildman–Crippen MR) is 257 cm³/mol. The van der Waals surface area contributed by atoms with Crippen LogP contribution >= 0.6 is 0 Å². The van der Waals surface area contributed by atoms with Crippen molar-refractivity contribution < 1.29 is 13.3 Å². The molecule has 2 heterocycles. The number of hydrogen-bond acceptors (Lipinski definition) is 4. The first-order valence-corrected chi connectivity index (χ1v) is 21.1. The number of nitrogens with zero attached hydrogens (tertiary/aromatic N) is 4. The summed E-state index contributed by atoms with van der Waals surface area (Å²) in [4.78, 5) is 14.8. The van der Waals surface area contributed by atoms with Crippen molar-refractivity contribution in [2.24, 2.45) is 0 Å². The van der Waals surface area contributed by atoms with Crippen molar-refractivity contribution in [2.45, 2.75) is 112 Å². The van der Waals surface area contributed by atoms with Gasteiger partial charge in [0, 0.05) is 27.6 Å². The summed E-state index contributed by atoms with van der Waals surface area (Å²) in [5, 5.41) is 13.4. The summed E-state index contributed by atoms with van der Waals surface area (Å²) in [7, 11) is 0. The molecular formula is C56H60N4O. The van der Waals surface area contributed by atoms with Gasteiger partial charge in [-0.25, -0.2) is 15.0 Å². The molecule has 0 fully saturated rings. The highest BCUT2D eigenvalue weighted by Crippen LogP contribution is 2.46. The SMILES string of the molecule is [2H]c1nc(-c2cc(-c3cccc4c3nc(-c3cc(C(C)(C)C)cc(C(C)(C)C)c3O)n4-c3ccc(C(C)(C)C)cc3-c3c([2H])c([2H])c([2H])c([2H])c3[2H])cc(C(C)(C)C)c2)c2cccc(C)c2n1. The number of benzene rings is 6. The van der Waals surface area contributed by atoms with E-state index >= 15 is 0 Å². The molecule has 61 heavy (non-hydrogen) atoms. The van der Waals surface area contributed by atoms with Crippen LogP contribution in [-0.2, 0) is 21.7 Å². The fourth-order valence-electron chi connectivity index (χ4n) is 8.11. The number of aromatic nitrogens is 4. The zero-order valence-corrected chi connectivity index (χ0v) is 37.8. The van der Waals surface area contributed by atoms with Gasteiger partial charge in [-0.05, 0) is 98.4 Å². The number of aromatic hydroxyl groups is 1. The first-order valence-electron chi connectivity index (χ1n) is 24.1. The van der Waals surface area contributed by atoms with E-state index in [1.807, 2.05) is 72.2 Å². The largest absolute Gasteiger partial charge is 0.507 e. The first-order chi connectivity index (χ1) is 31.1. The number of phenolic OH excluding ortho intramolecular Hbond substituents is 1. The molecule has 5 nitrogen and oxygen atoms in total. The Morgan fingerprint density at radius 2 is 1.20 bits per heavy atom. The van der Waals surface area contributed by atoms with Gasteiger partial charge in [-0.1, -0.05) is 162 Å². The van der Waals surface area contributed by atoms with Crippen molar-refractivity contribution in [1.82, 2.24) is 19.5 Å². The van der Waals surface area contributed by atoms with Crippen molar-refractivity contribution in [3.05, 3.63) is 149 Å². The summed E-state index contributed by atoms with van der Waals surface area (Å²) in [6.07, 6.45) is -0.0654. The van der Waals surface area contributed by atoms with Crippen LogP contribution < -0.4 is 0 Å². The lowest BCUT2D eigenvalue weighted by atomic mass is 9.79. The topological polar surface area (TPSA) is 63.8 Å². The zero-order chi connectivity index (χ0) is 49.0. The molecule has 0 aliphatic heterocycles. The van der Waals surface area contributed by atoms with E-state index in [0.29, 0.717) is 39.4 Å². The Balaban J connectivity index is 1.55. The Hall–Kier alpha value is -6.07. The quantitative estimate of drug-likeness (QED) is 0.188. The maximum atomic E-state index is 12.6. The molecule has 0 aliphatic rings. The van der Waals surface area contributed by atoms with E-state index < -0.39 is 23.5 Å². The summed E-state index contributed by atoms with van der Waals surface area (Å²) in [5.41, 5.74) is 10.00. The van der Waals surface area contributed by atoms with Gasteiger partial charge in [-0.3, -0.25) is 4.57 Å². The van der Waals surface area contributed by atoms with E-state index in [1.54, 1.807) is 0 Å². The summed E-state index contributed by atoms with van der Waals surface area (Å²) >= 11 is 0. The second kappa shape index (κ2) is 14.8. The molecule has 1 N–H and O–H groups in total. The molecule has 5 heteroatoms. The van der Waals surface area contributed by atoms with E-state index in [4.69, 9.17) is 15.5 Å². The number of phenols is 1. The van der Waals surface area contributed by atoms with Crippen LogP contribution in [0.3, 0.4) is 0 Å². The number of aryl methyl sites for hydroxylation is 1. The minimum Gasteiger partial charge on any atom is -0.507 e. The van der Waals surface area contributed by atoms with Crippen LogP contribution in [0.15, 0.2) is 121 Å². The zero-order valence-electron chi connectivity index (χ0n) is 43.8. The highest BCUT2D eigenvalue weighted by atomic mass is 16.3. The van der Waals surface area contributed by atoms with Crippen molar-refractivity contribution >= 4 is 21.9 Å². The highest BCUT2D eigenvalue weighted by Gasteiger charge is 2.30. The van der Waals surface area contributed by atoms with Gasteiger partial charge < -0.3 is 5.11 Å². The third-order valence-electron chi connectivity index (χ3n) is 11.8. The van der Waals surface area contributed by atoms with Gasteiger partial charge in [0.05, 0.1) is 40.3 Å². The van der Waals surface area contributed by atoms with Gasteiger partial charge in [-0.15, -0.1) is 0 Å². The monoisotopic (exact) mass is 811 g/mol. The molecule has 0 bridgehead atoms. The van der Waals surface area contributed by atoms with Gasteiger partial charge in [-0.2, -0.15) is 0 Å². The molecule has 0 atom stereocenters. The molecule has 0 spiro atoms. The van der Waals surface area contributed by atoms with Crippen molar-refractivity contribution in [1.29, 1.82) is 0 Å². The Labute approximate surface area is 371 Å². The average Bonchev–Trinajstić information content (AvgIpc) is 3.63. The molecule has 0 unspecified atom stereocenters. The van der Waals surface area contributed by atoms with Gasteiger partial charge in [0.15, 0.2) is 0 Å². The van der Waals surface area contributed by atoms with Crippen LogP contribution in [-0.4, -0.2) is 24.6 Å². The van der Waals surface area contributed by atoms with Crippen molar-refractivity contribution in [2.75, 3.05) is 0 Å². The molecule has 0 radical (unpaired) electrons. The van der Waals surface area contributed by atoms with E-state index in [2.05, 4.69) is 112 Å². The molecule has 0 amide bonds.